The van der Waals surface area contributed by atoms with Gasteiger partial charge in [0.15, 0.2) is 5.82 Å². The van der Waals surface area contributed by atoms with Crippen molar-refractivity contribution in [1.82, 2.24) is 15.1 Å². The molecule has 1 atom stereocenters. The minimum absolute atomic E-state index is 0.306. The second-order valence-electron chi connectivity index (χ2n) is 4.47. The van der Waals surface area contributed by atoms with E-state index in [0.29, 0.717) is 18.4 Å². The van der Waals surface area contributed by atoms with Crippen LogP contribution in [0.1, 0.15) is 29.6 Å². The molecule has 18 heavy (non-hydrogen) atoms. The van der Waals surface area contributed by atoms with Gasteiger partial charge in [0.1, 0.15) is 0 Å². The zero-order chi connectivity index (χ0) is 12.2. The molecule has 1 unspecified atom stereocenters. The van der Waals surface area contributed by atoms with Crippen LogP contribution in [-0.2, 0) is 17.6 Å². The lowest BCUT2D eigenvalue weighted by Gasteiger charge is -1.98. The quantitative estimate of drug-likeness (QED) is 0.821. The third kappa shape index (κ3) is 2.56. The van der Waals surface area contributed by atoms with Crippen LogP contribution in [0.25, 0.3) is 0 Å². The van der Waals surface area contributed by atoms with Gasteiger partial charge in [-0.2, -0.15) is 4.98 Å². The minimum Gasteiger partial charge on any atom is -0.381 e. The van der Waals surface area contributed by atoms with E-state index in [4.69, 9.17) is 9.26 Å². The molecule has 3 rings (SSSR count). The predicted molar refractivity (Wildman–Crippen MR) is 64.1 cm³/mol. The molecular weight excluding hydrogens is 230 g/mol. The van der Waals surface area contributed by atoms with Gasteiger partial charge in [-0.25, -0.2) is 0 Å². The number of aromatic nitrogens is 3. The Kier molecular flexibility index (Phi) is 3.32. The van der Waals surface area contributed by atoms with Gasteiger partial charge in [0, 0.05) is 31.3 Å². The van der Waals surface area contributed by atoms with Gasteiger partial charge in [-0.05, 0) is 24.5 Å². The zero-order valence-corrected chi connectivity index (χ0v) is 10.1. The summed E-state index contributed by atoms with van der Waals surface area (Å²) in [5.41, 5.74) is 1.18. The van der Waals surface area contributed by atoms with Crippen molar-refractivity contribution in [2.75, 3.05) is 13.2 Å². The number of rotatable bonds is 4. The van der Waals surface area contributed by atoms with E-state index < -0.39 is 0 Å². The van der Waals surface area contributed by atoms with Crippen LogP contribution in [0, 0.1) is 0 Å². The molecule has 0 bridgehead atoms. The van der Waals surface area contributed by atoms with Gasteiger partial charge < -0.3 is 9.26 Å². The molecular formula is C13H15N3O2. The number of aryl methyl sites for hydroxylation is 2. The lowest BCUT2D eigenvalue weighted by atomic mass is 10.1. The average Bonchev–Trinajstić information content (AvgIpc) is 3.08. The molecule has 0 N–H and O–H groups in total. The Balaban J connectivity index is 1.60. The molecule has 1 aliphatic heterocycles. The van der Waals surface area contributed by atoms with Crippen molar-refractivity contribution in [3.8, 4) is 0 Å². The third-order valence-electron chi connectivity index (χ3n) is 3.13. The maximum Gasteiger partial charge on any atom is 0.226 e. The Morgan fingerprint density at radius 3 is 3.11 bits per heavy atom. The number of hydrogen-bond acceptors (Lipinski definition) is 5. The van der Waals surface area contributed by atoms with Crippen molar-refractivity contribution in [1.29, 1.82) is 0 Å². The first-order valence-corrected chi connectivity index (χ1v) is 6.21. The molecule has 1 aliphatic rings. The SMILES string of the molecule is c1cncc(CCc2nc(C3CCOC3)no2)c1. The molecule has 0 amide bonds. The van der Waals surface area contributed by atoms with E-state index in [1.54, 1.807) is 6.20 Å². The highest BCUT2D eigenvalue weighted by Crippen LogP contribution is 2.22. The summed E-state index contributed by atoms with van der Waals surface area (Å²) in [6, 6.07) is 3.99. The molecule has 1 saturated heterocycles. The Bertz CT molecular complexity index is 492. The van der Waals surface area contributed by atoms with Crippen molar-refractivity contribution < 1.29 is 9.26 Å². The summed E-state index contributed by atoms with van der Waals surface area (Å²) in [5.74, 6) is 1.79. The predicted octanol–water partition coefficient (Wildman–Crippen LogP) is 1.75. The fourth-order valence-corrected chi connectivity index (χ4v) is 2.07. The number of nitrogens with zero attached hydrogens (tertiary/aromatic N) is 3. The van der Waals surface area contributed by atoms with Crippen LogP contribution in [0.4, 0.5) is 0 Å². The van der Waals surface area contributed by atoms with E-state index in [1.165, 1.54) is 5.56 Å². The van der Waals surface area contributed by atoms with Gasteiger partial charge in [0.2, 0.25) is 5.89 Å². The van der Waals surface area contributed by atoms with Gasteiger partial charge >= 0.3 is 0 Å². The molecule has 0 aliphatic carbocycles. The molecule has 2 aromatic heterocycles. The standard InChI is InChI=1S/C13H15N3O2/c1-2-10(8-14-6-1)3-4-12-15-13(16-18-12)11-5-7-17-9-11/h1-2,6,8,11H,3-5,7,9H2. The highest BCUT2D eigenvalue weighted by atomic mass is 16.5. The van der Waals surface area contributed by atoms with Crippen molar-refractivity contribution in [2.24, 2.45) is 0 Å². The zero-order valence-electron chi connectivity index (χ0n) is 10.1. The molecule has 0 spiro atoms. The van der Waals surface area contributed by atoms with E-state index in [2.05, 4.69) is 21.2 Å². The van der Waals surface area contributed by atoms with Gasteiger partial charge in [-0.1, -0.05) is 11.2 Å². The Hall–Kier alpha value is -1.75. The van der Waals surface area contributed by atoms with E-state index in [-0.39, 0.29) is 0 Å². The second-order valence-corrected chi connectivity index (χ2v) is 4.47. The minimum atomic E-state index is 0.306. The fraction of sp³-hybridized carbons (Fsp3) is 0.462. The molecule has 0 aromatic carbocycles. The van der Waals surface area contributed by atoms with Crippen LogP contribution in [-0.4, -0.2) is 28.3 Å². The van der Waals surface area contributed by atoms with Gasteiger partial charge in [0.05, 0.1) is 6.61 Å². The molecule has 0 radical (unpaired) electrons. The number of hydrogen-bond donors (Lipinski definition) is 0. The Labute approximate surface area is 105 Å². The van der Waals surface area contributed by atoms with Crippen molar-refractivity contribution >= 4 is 0 Å². The fourth-order valence-electron chi connectivity index (χ4n) is 2.07. The van der Waals surface area contributed by atoms with Gasteiger partial charge in [0.25, 0.3) is 0 Å². The molecule has 94 valence electrons. The van der Waals surface area contributed by atoms with Crippen LogP contribution in [0.15, 0.2) is 29.0 Å². The summed E-state index contributed by atoms with van der Waals surface area (Å²) in [7, 11) is 0. The largest absolute Gasteiger partial charge is 0.381 e. The Morgan fingerprint density at radius 2 is 2.33 bits per heavy atom. The van der Waals surface area contributed by atoms with Gasteiger partial charge in [-0.3, -0.25) is 4.98 Å². The Morgan fingerprint density at radius 1 is 1.33 bits per heavy atom. The van der Waals surface area contributed by atoms with Crippen molar-refractivity contribution in [2.45, 2.75) is 25.2 Å². The van der Waals surface area contributed by atoms with Crippen LogP contribution >= 0.6 is 0 Å². The van der Waals surface area contributed by atoms with E-state index in [9.17, 15) is 0 Å². The monoisotopic (exact) mass is 245 g/mol. The highest BCUT2D eigenvalue weighted by molar-refractivity contribution is 5.09. The first-order valence-electron chi connectivity index (χ1n) is 6.21. The molecule has 2 aromatic rings. The number of pyridine rings is 1. The summed E-state index contributed by atoms with van der Waals surface area (Å²) in [6.45, 7) is 1.51. The first-order chi connectivity index (χ1) is 8.92. The molecule has 1 fully saturated rings. The smallest absolute Gasteiger partial charge is 0.226 e. The summed E-state index contributed by atoms with van der Waals surface area (Å²) in [5, 5.41) is 4.03. The molecule has 5 nitrogen and oxygen atoms in total. The van der Waals surface area contributed by atoms with E-state index >= 15 is 0 Å². The highest BCUT2D eigenvalue weighted by Gasteiger charge is 2.22. The lowest BCUT2D eigenvalue weighted by Crippen LogP contribution is -2.00. The second kappa shape index (κ2) is 5.27. The summed E-state index contributed by atoms with van der Waals surface area (Å²) in [4.78, 5) is 8.51. The van der Waals surface area contributed by atoms with E-state index in [1.807, 2.05) is 12.3 Å². The maximum absolute atomic E-state index is 5.32. The summed E-state index contributed by atoms with van der Waals surface area (Å²) in [6.07, 6.45) is 6.25. The van der Waals surface area contributed by atoms with Crippen LogP contribution in [0.2, 0.25) is 0 Å². The van der Waals surface area contributed by atoms with Crippen LogP contribution < -0.4 is 0 Å². The normalized spacial score (nSPS) is 19.2. The van der Waals surface area contributed by atoms with Crippen molar-refractivity contribution in [3.05, 3.63) is 41.8 Å². The van der Waals surface area contributed by atoms with Crippen molar-refractivity contribution in [3.63, 3.8) is 0 Å². The lowest BCUT2D eigenvalue weighted by molar-refractivity contribution is 0.192. The van der Waals surface area contributed by atoms with Gasteiger partial charge in [-0.15, -0.1) is 0 Å². The summed E-state index contributed by atoms with van der Waals surface area (Å²) >= 11 is 0. The first kappa shape index (κ1) is 11.3. The maximum atomic E-state index is 5.32. The topological polar surface area (TPSA) is 61.0 Å². The van der Waals surface area contributed by atoms with E-state index in [0.717, 1.165) is 31.7 Å². The van der Waals surface area contributed by atoms with Crippen LogP contribution in [0.3, 0.4) is 0 Å². The average molecular weight is 245 g/mol. The third-order valence-corrected chi connectivity index (χ3v) is 3.13. The molecule has 5 heteroatoms. The van der Waals surface area contributed by atoms with Crippen LogP contribution in [0.5, 0.6) is 0 Å². The summed E-state index contributed by atoms with van der Waals surface area (Å²) < 4.78 is 10.6. The molecule has 3 heterocycles. The molecule has 0 saturated carbocycles. The number of ether oxygens (including phenoxy) is 1.